The molecular weight excluding hydrogens is 412 g/mol. The number of carbonyl (C=O) groups excluding carboxylic acids is 2. The van der Waals surface area contributed by atoms with Crippen LogP contribution in [0.15, 0.2) is 0 Å². The lowest BCUT2D eigenvalue weighted by Crippen LogP contribution is -2.55. The third-order valence-electron chi connectivity index (χ3n) is 9.95. The third-order valence-corrected chi connectivity index (χ3v) is 9.95. The minimum absolute atomic E-state index is 0.137. The van der Waals surface area contributed by atoms with Crippen molar-refractivity contribution < 1.29 is 34.4 Å². The number of carbonyl (C=O) groups is 2. The Morgan fingerprint density at radius 3 is 2.53 bits per heavy atom. The molecule has 3 aliphatic carbocycles. The van der Waals surface area contributed by atoms with E-state index in [2.05, 4.69) is 13.8 Å². The van der Waals surface area contributed by atoms with Crippen LogP contribution in [0, 0.1) is 40.4 Å². The van der Waals surface area contributed by atoms with Crippen molar-refractivity contribution in [1.82, 2.24) is 0 Å². The second-order valence-electron chi connectivity index (χ2n) is 11.5. The first kappa shape index (κ1) is 24.0. The van der Waals surface area contributed by atoms with Crippen LogP contribution in [0.5, 0.6) is 0 Å². The van der Waals surface area contributed by atoms with E-state index < -0.39 is 35.6 Å². The van der Waals surface area contributed by atoms with Crippen LogP contribution in [0.3, 0.4) is 0 Å². The number of hydrogen-bond donors (Lipinski definition) is 3. The van der Waals surface area contributed by atoms with E-state index in [-0.39, 0.29) is 47.6 Å². The molecule has 3 saturated carbocycles. The summed E-state index contributed by atoms with van der Waals surface area (Å²) in [7, 11) is 0. The van der Waals surface area contributed by atoms with Crippen molar-refractivity contribution >= 4 is 11.9 Å². The molecule has 4 rings (SSSR count). The van der Waals surface area contributed by atoms with Crippen molar-refractivity contribution in [2.24, 2.45) is 40.4 Å². The summed E-state index contributed by atoms with van der Waals surface area (Å²) in [5, 5.41) is 31.0. The van der Waals surface area contributed by atoms with Gasteiger partial charge in [0.05, 0.1) is 24.7 Å². The van der Waals surface area contributed by atoms with Crippen LogP contribution >= 0.6 is 0 Å². The van der Waals surface area contributed by atoms with Gasteiger partial charge < -0.3 is 24.8 Å². The van der Waals surface area contributed by atoms with E-state index in [0.29, 0.717) is 19.4 Å². The molecule has 4 fully saturated rings. The predicted octanol–water partition coefficient (Wildman–Crippen LogP) is 2.44. The molecule has 11 atom stereocenters. The molecule has 0 unspecified atom stereocenters. The molecule has 4 aliphatic rings. The van der Waals surface area contributed by atoms with Gasteiger partial charge in [-0.25, -0.2) is 4.79 Å². The summed E-state index contributed by atoms with van der Waals surface area (Å²) in [5.74, 6) is -0.746. The largest absolute Gasteiger partial charge is 0.465 e. The molecular formula is C25H40O7. The normalized spacial score (nSPS) is 47.8. The summed E-state index contributed by atoms with van der Waals surface area (Å²) < 4.78 is 11.7. The molecule has 0 aromatic heterocycles. The Morgan fingerprint density at radius 1 is 1.16 bits per heavy atom. The van der Waals surface area contributed by atoms with Crippen molar-refractivity contribution in [3.05, 3.63) is 0 Å². The molecule has 0 amide bonds. The van der Waals surface area contributed by atoms with Gasteiger partial charge in [0.2, 0.25) is 0 Å². The summed E-state index contributed by atoms with van der Waals surface area (Å²) in [4.78, 5) is 25.5. The van der Waals surface area contributed by atoms with Gasteiger partial charge in [0.15, 0.2) is 6.10 Å². The summed E-state index contributed by atoms with van der Waals surface area (Å²) >= 11 is 0. The first-order valence-corrected chi connectivity index (χ1v) is 12.4. The average Bonchev–Trinajstić information content (AvgIpc) is 3.04. The molecule has 0 aromatic rings. The highest BCUT2D eigenvalue weighted by molar-refractivity contribution is 5.75. The van der Waals surface area contributed by atoms with E-state index in [1.165, 1.54) is 0 Å². The van der Waals surface area contributed by atoms with Crippen LogP contribution in [0.2, 0.25) is 0 Å². The first-order valence-electron chi connectivity index (χ1n) is 12.4. The smallest absolute Gasteiger partial charge is 0.335 e. The highest BCUT2D eigenvalue weighted by Crippen LogP contribution is 2.63. The Kier molecular flexibility index (Phi) is 6.40. The maximum Gasteiger partial charge on any atom is 0.335 e. The maximum atomic E-state index is 12.9. The zero-order chi connectivity index (χ0) is 23.4. The molecule has 1 heterocycles. The molecule has 32 heavy (non-hydrogen) atoms. The van der Waals surface area contributed by atoms with E-state index in [4.69, 9.17) is 9.47 Å². The zero-order valence-electron chi connectivity index (χ0n) is 19.8. The van der Waals surface area contributed by atoms with Crippen LogP contribution in [0.25, 0.3) is 0 Å². The second-order valence-corrected chi connectivity index (χ2v) is 11.5. The summed E-state index contributed by atoms with van der Waals surface area (Å²) in [5.41, 5.74) is -0.638. The Labute approximate surface area is 190 Å². The van der Waals surface area contributed by atoms with Gasteiger partial charge in [-0.1, -0.05) is 34.1 Å². The minimum Gasteiger partial charge on any atom is -0.465 e. The molecule has 3 N–H and O–H groups in total. The third kappa shape index (κ3) is 3.68. The summed E-state index contributed by atoms with van der Waals surface area (Å²) in [6.45, 7) is 8.41. The highest BCUT2D eigenvalue weighted by Gasteiger charge is 2.63. The average molecular weight is 453 g/mol. The molecule has 1 saturated heterocycles. The van der Waals surface area contributed by atoms with Gasteiger partial charge in [0.1, 0.15) is 6.10 Å². The molecule has 182 valence electrons. The molecule has 7 nitrogen and oxygen atoms in total. The van der Waals surface area contributed by atoms with E-state index in [0.717, 1.165) is 25.7 Å². The van der Waals surface area contributed by atoms with Crippen molar-refractivity contribution in [3.63, 3.8) is 0 Å². The fourth-order valence-corrected chi connectivity index (χ4v) is 7.60. The SMILES string of the molecule is CC[C@H](C)[C@H](O)C(=O)O[C@H]1CC[C@H]2[C@@H]3COC(=O)[C@H]4C[C@H](O)[C@H](O)C[C@]4(C)[C@H]3CC[C@]12C. The number of rotatable bonds is 4. The van der Waals surface area contributed by atoms with Crippen molar-refractivity contribution in [2.45, 2.75) is 97.1 Å². The Balaban J connectivity index is 1.56. The zero-order valence-corrected chi connectivity index (χ0v) is 19.8. The quantitative estimate of drug-likeness (QED) is 0.562. The lowest BCUT2D eigenvalue weighted by molar-refractivity contribution is -0.173. The van der Waals surface area contributed by atoms with E-state index >= 15 is 0 Å². The molecule has 0 bridgehead atoms. The number of hydrogen-bond acceptors (Lipinski definition) is 7. The van der Waals surface area contributed by atoms with Gasteiger partial charge in [-0.3, -0.25) is 4.79 Å². The van der Waals surface area contributed by atoms with Crippen LogP contribution < -0.4 is 0 Å². The number of aliphatic hydroxyl groups is 3. The van der Waals surface area contributed by atoms with Gasteiger partial charge in [0, 0.05) is 5.41 Å². The first-order chi connectivity index (χ1) is 15.0. The van der Waals surface area contributed by atoms with E-state index in [9.17, 15) is 24.9 Å². The molecule has 0 spiro atoms. The standard InChI is InChI=1S/C25H40O7/c1-5-13(2)21(28)23(30)32-20-7-6-15-14-12-31-22(29)17-10-18(26)19(27)11-25(17,4)16(14)8-9-24(15,20)3/h13-21,26-28H,5-12H2,1-4H3/t13-,14-,15-,16-,17+,18-,19+,20-,21-,24-,25+/m0/s1. The number of ether oxygens (including phenoxy) is 2. The van der Waals surface area contributed by atoms with Gasteiger partial charge in [0.25, 0.3) is 0 Å². The molecule has 7 heteroatoms. The maximum absolute atomic E-state index is 12.9. The number of esters is 2. The van der Waals surface area contributed by atoms with E-state index in [1.807, 2.05) is 13.8 Å². The van der Waals surface area contributed by atoms with Gasteiger partial charge in [-0.2, -0.15) is 0 Å². The fourth-order valence-electron chi connectivity index (χ4n) is 7.60. The monoisotopic (exact) mass is 452 g/mol. The minimum atomic E-state index is -1.10. The van der Waals surface area contributed by atoms with Crippen LogP contribution in [0.1, 0.15) is 72.6 Å². The van der Waals surface area contributed by atoms with Crippen molar-refractivity contribution in [2.75, 3.05) is 6.61 Å². The number of fused-ring (bicyclic) bond motifs is 5. The fraction of sp³-hybridized carbons (Fsp3) is 0.920. The lowest BCUT2D eigenvalue weighted by Gasteiger charge is -2.55. The summed E-state index contributed by atoms with van der Waals surface area (Å²) in [6, 6.07) is 0. The van der Waals surface area contributed by atoms with Crippen molar-refractivity contribution in [1.29, 1.82) is 0 Å². The lowest BCUT2D eigenvalue weighted by atomic mass is 9.49. The second kappa shape index (κ2) is 8.55. The van der Waals surface area contributed by atoms with Crippen molar-refractivity contribution in [3.8, 4) is 0 Å². The molecule has 0 radical (unpaired) electrons. The Hall–Kier alpha value is -1.18. The van der Waals surface area contributed by atoms with Crippen LogP contribution in [-0.4, -0.2) is 58.3 Å². The predicted molar refractivity (Wildman–Crippen MR) is 116 cm³/mol. The van der Waals surface area contributed by atoms with Gasteiger partial charge >= 0.3 is 11.9 Å². The Morgan fingerprint density at radius 2 is 1.84 bits per heavy atom. The topological polar surface area (TPSA) is 113 Å². The van der Waals surface area contributed by atoms with Crippen LogP contribution in [-0.2, 0) is 19.1 Å². The van der Waals surface area contributed by atoms with E-state index in [1.54, 1.807) is 0 Å². The highest BCUT2D eigenvalue weighted by atomic mass is 16.6. The molecule has 0 aromatic carbocycles. The summed E-state index contributed by atoms with van der Waals surface area (Å²) in [6.07, 6.45) is 1.65. The number of cyclic esters (lactones) is 1. The van der Waals surface area contributed by atoms with Gasteiger partial charge in [-0.15, -0.1) is 0 Å². The van der Waals surface area contributed by atoms with Crippen LogP contribution in [0.4, 0.5) is 0 Å². The number of aliphatic hydroxyl groups excluding tert-OH is 3. The molecule has 1 aliphatic heterocycles. The van der Waals surface area contributed by atoms with Gasteiger partial charge in [-0.05, 0) is 67.6 Å². The Bertz CT molecular complexity index is 740.